The van der Waals surface area contributed by atoms with Crippen molar-refractivity contribution >= 4 is 11.4 Å². The highest BCUT2D eigenvalue weighted by atomic mass is 16.3. The zero-order valence-corrected chi connectivity index (χ0v) is 17.0. The molecule has 0 bridgehead atoms. The van der Waals surface area contributed by atoms with E-state index in [-0.39, 0.29) is 5.92 Å². The molecule has 2 aliphatic heterocycles. The maximum absolute atomic E-state index is 9.91. The van der Waals surface area contributed by atoms with Gasteiger partial charge in [-0.15, -0.1) is 0 Å². The molecule has 0 saturated carbocycles. The van der Waals surface area contributed by atoms with Crippen LogP contribution < -0.4 is 4.90 Å². The molecule has 2 atom stereocenters. The van der Waals surface area contributed by atoms with Crippen LogP contribution in [0.1, 0.15) is 37.3 Å². The average Bonchev–Trinajstić information content (AvgIpc) is 2.86. The third-order valence-electron chi connectivity index (χ3n) is 6.60. The number of para-hydroxylation sites is 2. The molecular weight excluding hydrogens is 344 g/mol. The summed E-state index contributed by atoms with van der Waals surface area (Å²) in [7, 11) is 0. The molecule has 1 saturated heterocycles. The van der Waals surface area contributed by atoms with Crippen molar-refractivity contribution in [1.82, 2.24) is 4.90 Å². The van der Waals surface area contributed by atoms with Crippen molar-refractivity contribution in [3.8, 4) is 0 Å². The molecule has 2 unspecified atom stereocenters. The number of likely N-dealkylation sites (tertiary alicyclic amines) is 1. The van der Waals surface area contributed by atoms with E-state index in [2.05, 4.69) is 71.8 Å². The largest absolute Gasteiger partial charge is 0.513 e. The SMILES string of the molecule is C=C(O)C1CCCN(CCCN2c3ccccc3CCc3ccccc32)C1C. The highest BCUT2D eigenvalue weighted by molar-refractivity contribution is 5.71. The van der Waals surface area contributed by atoms with Crippen LogP contribution in [0.2, 0.25) is 0 Å². The van der Waals surface area contributed by atoms with Crippen LogP contribution in [0.15, 0.2) is 60.9 Å². The smallest absolute Gasteiger partial charge is 0.0897 e. The van der Waals surface area contributed by atoms with E-state index >= 15 is 0 Å². The molecule has 3 nitrogen and oxygen atoms in total. The maximum atomic E-state index is 9.91. The summed E-state index contributed by atoms with van der Waals surface area (Å²) in [5.41, 5.74) is 5.62. The summed E-state index contributed by atoms with van der Waals surface area (Å²) in [5, 5.41) is 9.91. The Morgan fingerprint density at radius 1 is 1.00 bits per heavy atom. The number of aryl methyl sites for hydroxylation is 2. The number of aliphatic hydroxyl groups is 1. The minimum absolute atomic E-state index is 0.216. The van der Waals surface area contributed by atoms with Crippen LogP contribution in [-0.2, 0) is 12.8 Å². The minimum atomic E-state index is 0.216. The van der Waals surface area contributed by atoms with Gasteiger partial charge in [0.2, 0.25) is 0 Å². The Morgan fingerprint density at radius 3 is 2.21 bits per heavy atom. The lowest BCUT2D eigenvalue weighted by atomic mass is 9.89. The quantitative estimate of drug-likeness (QED) is 0.700. The molecule has 28 heavy (non-hydrogen) atoms. The zero-order chi connectivity index (χ0) is 19.5. The molecule has 0 radical (unpaired) electrons. The second kappa shape index (κ2) is 8.40. The Labute approximate surface area is 169 Å². The van der Waals surface area contributed by atoms with Crippen LogP contribution in [0.25, 0.3) is 0 Å². The number of nitrogens with zero attached hydrogens (tertiary/aromatic N) is 2. The molecule has 2 aromatic carbocycles. The third kappa shape index (κ3) is 3.81. The van der Waals surface area contributed by atoms with Gasteiger partial charge in [-0.25, -0.2) is 0 Å². The third-order valence-corrected chi connectivity index (χ3v) is 6.60. The molecule has 3 heteroatoms. The first-order valence-electron chi connectivity index (χ1n) is 10.7. The number of fused-ring (bicyclic) bond motifs is 2. The van der Waals surface area contributed by atoms with E-state index in [0.29, 0.717) is 11.8 Å². The number of hydrogen-bond acceptors (Lipinski definition) is 3. The van der Waals surface area contributed by atoms with E-state index in [9.17, 15) is 5.11 Å². The molecular formula is C25H32N2O. The first-order chi connectivity index (χ1) is 13.6. The molecule has 0 amide bonds. The summed E-state index contributed by atoms with van der Waals surface area (Å²) in [6.07, 6.45) is 5.52. The van der Waals surface area contributed by atoms with Crippen LogP contribution in [0.4, 0.5) is 11.4 Å². The van der Waals surface area contributed by atoms with Crippen LogP contribution in [0.5, 0.6) is 0 Å². The van der Waals surface area contributed by atoms with Crippen molar-refractivity contribution in [2.45, 2.75) is 45.1 Å². The van der Waals surface area contributed by atoms with Crippen LogP contribution in [0, 0.1) is 5.92 Å². The van der Waals surface area contributed by atoms with Crippen molar-refractivity contribution < 1.29 is 5.11 Å². The minimum Gasteiger partial charge on any atom is -0.513 e. The second-order valence-electron chi connectivity index (χ2n) is 8.28. The first kappa shape index (κ1) is 19.1. The Bertz CT molecular complexity index is 783. The van der Waals surface area contributed by atoms with E-state index < -0.39 is 0 Å². The van der Waals surface area contributed by atoms with E-state index in [4.69, 9.17) is 0 Å². The Kier molecular flexibility index (Phi) is 5.72. The predicted molar refractivity (Wildman–Crippen MR) is 117 cm³/mol. The van der Waals surface area contributed by atoms with Gasteiger partial charge in [0.1, 0.15) is 0 Å². The molecule has 2 heterocycles. The highest BCUT2D eigenvalue weighted by Gasteiger charge is 2.29. The molecule has 1 N–H and O–H groups in total. The monoisotopic (exact) mass is 376 g/mol. The van der Waals surface area contributed by atoms with Crippen LogP contribution >= 0.6 is 0 Å². The van der Waals surface area contributed by atoms with E-state index in [1.165, 1.54) is 22.5 Å². The number of aliphatic hydroxyl groups excluding tert-OH is 1. The molecule has 2 aromatic rings. The highest BCUT2D eigenvalue weighted by Crippen LogP contribution is 2.36. The van der Waals surface area contributed by atoms with Crippen molar-refractivity contribution in [3.05, 3.63) is 72.0 Å². The number of benzene rings is 2. The maximum Gasteiger partial charge on any atom is 0.0897 e. The van der Waals surface area contributed by atoms with Crippen molar-refractivity contribution in [3.63, 3.8) is 0 Å². The fraction of sp³-hybridized carbons (Fsp3) is 0.440. The lowest BCUT2D eigenvalue weighted by Crippen LogP contribution is -2.44. The van der Waals surface area contributed by atoms with E-state index in [1.807, 2.05) is 0 Å². The predicted octanol–water partition coefficient (Wildman–Crippen LogP) is 5.49. The molecule has 0 spiro atoms. The van der Waals surface area contributed by atoms with Crippen molar-refractivity contribution in [2.75, 3.05) is 24.5 Å². The van der Waals surface area contributed by atoms with Crippen LogP contribution in [0.3, 0.4) is 0 Å². The van der Waals surface area contributed by atoms with Gasteiger partial charge in [-0.3, -0.25) is 4.90 Å². The molecule has 4 rings (SSSR count). The van der Waals surface area contributed by atoms with Gasteiger partial charge in [0, 0.05) is 36.4 Å². The van der Waals surface area contributed by atoms with Gasteiger partial charge in [-0.05, 0) is 68.8 Å². The van der Waals surface area contributed by atoms with Crippen LogP contribution in [-0.4, -0.2) is 35.7 Å². The summed E-state index contributed by atoms with van der Waals surface area (Å²) in [6.45, 7) is 9.24. The zero-order valence-electron chi connectivity index (χ0n) is 17.0. The van der Waals surface area contributed by atoms with Gasteiger partial charge in [0.25, 0.3) is 0 Å². The first-order valence-corrected chi connectivity index (χ1v) is 10.7. The van der Waals surface area contributed by atoms with Gasteiger partial charge in [0.15, 0.2) is 0 Å². The fourth-order valence-electron chi connectivity index (χ4n) is 5.02. The fourth-order valence-corrected chi connectivity index (χ4v) is 5.02. The summed E-state index contributed by atoms with van der Waals surface area (Å²) < 4.78 is 0. The summed E-state index contributed by atoms with van der Waals surface area (Å²) in [5.74, 6) is 0.570. The number of hydrogen-bond donors (Lipinski definition) is 1. The lowest BCUT2D eigenvalue weighted by molar-refractivity contribution is 0.0985. The van der Waals surface area contributed by atoms with Gasteiger partial charge >= 0.3 is 0 Å². The summed E-state index contributed by atoms with van der Waals surface area (Å²) in [6, 6.07) is 18.1. The molecule has 148 valence electrons. The van der Waals surface area contributed by atoms with Gasteiger partial charge in [0.05, 0.1) is 5.76 Å². The van der Waals surface area contributed by atoms with E-state index in [1.54, 1.807) is 0 Å². The average molecular weight is 377 g/mol. The number of anilines is 2. The second-order valence-corrected chi connectivity index (χ2v) is 8.28. The Balaban J connectivity index is 1.49. The molecule has 0 aliphatic carbocycles. The summed E-state index contributed by atoms with van der Waals surface area (Å²) in [4.78, 5) is 5.06. The van der Waals surface area contributed by atoms with Crippen molar-refractivity contribution in [1.29, 1.82) is 0 Å². The van der Waals surface area contributed by atoms with Gasteiger partial charge in [-0.1, -0.05) is 43.0 Å². The Morgan fingerprint density at radius 2 is 1.61 bits per heavy atom. The van der Waals surface area contributed by atoms with Crippen molar-refractivity contribution in [2.24, 2.45) is 5.92 Å². The lowest BCUT2D eigenvalue weighted by Gasteiger charge is -2.39. The molecule has 0 aromatic heterocycles. The number of piperidine rings is 1. The summed E-state index contributed by atoms with van der Waals surface area (Å²) >= 11 is 0. The van der Waals surface area contributed by atoms with Gasteiger partial charge in [-0.2, -0.15) is 0 Å². The topological polar surface area (TPSA) is 26.7 Å². The Hall–Kier alpha value is -2.26. The normalized spacial score (nSPS) is 22.2. The van der Waals surface area contributed by atoms with Gasteiger partial charge < -0.3 is 10.0 Å². The number of rotatable bonds is 5. The molecule has 2 aliphatic rings. The van der Waals surface area contributed by atoms with E-state index in [0.717, 1.165) is 51.7 Å². The standard InChI is InChI=1S/C25H32N2O/c1-19-23(20(2)28)11-7-16-26(19)17-8-18-27-24-12-5-3-9-21(24)14-15-22-10-4-6-13-25(22)27/h3-6,9-10,12-13,19,23,28H,2,7-8,11,14-18H2,1H3. The molecule has 1 fully saturated rings.